The molecule has 3 aromatic rings. The average molecular weight is 411 g/mol. The number of aromatic nitrogens is 4. The summed E-state index contributed by atoms with van der Waals surface area (Å²) in [6.45, 7) is 3.36. The van der Waals surface area contributed by atoms with Gasteiger partial charge < -0.3 is 5.32 Å². The van der Waals surface area contributed by atoms with Crippen molar-refractivity contribution in [3.63, 3.8) is 0 Å². The van der Waals surface area contributed by atoms with Crippen LogP contribution in [0.3, 0.4) is 0 Å². The number of amides is 1. The van der Waals surface area contributed by atoms with Crippen molar-refractivity contribution < 1.29 is 13.2 Å². The molecule has 11 heteroatoms. The summed E-state index contributed by atoms with van der Waals surface area (Å²) in [5.74, 6) is 0.383. The molecule has 0 saturated heterocycles. The number of hydrogen-bond acceptors (Lipinski definition) is 7. The minimum absolute atomic E-state index is 0.149. The summed E-state index contributed by atoms with van der Waals surface area (Å²) in [7, 11) is -3.65. The zero-order chi connectivity index (χ0) is 20.6. The van der Waals surface area contributed by atoms with E-state index in [0.29, 0.717) is 22.8 Å². The van der Waals surface area contributed by atoms with Crippen LogP contribution in [0.25, 0.3) is 5.69 Å². The van der Waals surface area contributed by atoms with Crippen molar-refractivity contribution in [2.45, 2.75) is 24.8 Å². The van der Waals surface area contributed by atoms with Crippen LogP contribution in [-0.2, 0) is 14.8 Å². The molecule has 0 unspecified atom stereocenters. The summed E-state index contributed by atoms with van der Waals surface area (Å²) in [6.07, 6.45) is 0. The van der Waals surface area contributed by atoms with Crippen LogP contribution >= 0.6 is 0 Å². The summed E-state index contributed by atoms with van der Waals surface area (Å²) >= 11 is 0. The highest BCUT2D eigenvalue weighted by Crippen LogP contribution is 2.23. The predicted molar refractivity (Wildman–Crippen MR) is 105 cm³/mol. The summed E-state index contributed by atoms with van der Waals surface area (Å²) in [5, 5.41) is 14.1. The fourth-order valence-electron chi connectivity index (χ4n) is 2.91. The van der Waals surface area contributed by atoms with Gasteiger partial charge in [0.25, 0.3) is 10.0 Å². The number of benzene rings is 2. The number of nitrogens with one attached hydrogen (secondary N) is 2. The third-order valence-electron chi connectivity index (χ3n) is 4.35. The quantitative estimate of drug-likeness (QED) is 0.659. The molecule has 1 aromatic heterocycles. The molecular weight excluding hydrogens is 394 g/mol. The smallest absolute Gasteiger partial charge is 0.263 e. The predicted octanol–water partition coefficient (Wildman–Crippen LogP) is 1.04. The first-order chi connectivity index (χ1) is 13.8. The highest BCUT2D eigenvalue weighted by molar-refractivity contribution is 7.90. The van der Waals surface area contributed by atoms with E-state index >= 15 is 0 Å². The molecule has 0 bridgehead atoms. The second-order valence-corrected chi connectivity index (χ2v) is 8.08. The molecule has 1 atom stereocenters. The number of rotatable bonds is 4. The van der Waals surface area contributed by atoms with E-state index < -0.39 is 16.1 Å². The van der Waals surface area contributed by atoms with Gasteiger partial charge in [-0.2, -0.15) is 4.68 Å². The Morgan fingerprint density at radius 1 is 1.21 bits per heavy atom. The minimum Gasteiger partial charge on any atom is -0.324 e. The maximum absolute atomic E-state index is 12.6. The number of hydrogen-bond donors (Lipinski definition) is 2. The van der Waals surface area contributed by atoms with Gasteiger partial charge in [-0.15, -0.1) is 5.10 Å². The zero-order valence-electron chi connectivity index (χ0n) is 15.6. The molecule has 2 N–H and O–H groups in total. The van der Waals surface area contributed by atoms with E-state index in [4.69, 9.17) is 0 Å². The Hall–Kier alpha value is -3.60. The number of sulfonamides is 1. The maximum atomic E-state index is 12.6. The van der Waals surface area contributed by atoms with Gasteiger partial charge in [0, 0.05) is 11.3 Å². The number of carbonyl (C=O) groups excluding carboxylic acids is 1. The number of tetrazole rings is 1. The van der Waals surface area contributed by atoms with Gasteiger partial charge in [-0.05, 0) is 54.6 Å². The molecule has 0 aliphatic carbocycles. The Morgan fingerprint density at radius 3 is 2.76 bits per heavy atom. The van der Waals surface area contributed by atoms with Crippen molar-refractivity contribution in [2.75, 3.05) is 5.32 Å². The first-order valence-corrected chi connectivity index (χ1v) is 10.2. The third-order valence-corrected chi connectivity index (χ3v) is 5.75. The number of amidine groups is 1. The van der Waals surface area contributed by atoms with Crippen LogP contribution < -0.4 is 10.0 Å². The number of aliphatic imine (C=N–C) groups is 1. The first kappa shape index (κ1) is 18.7. The highest BCUT2D eigenvalue weighted by Gasteiger charge is 2.31. The summed E-state index contributed by atoms with van der Waals surface area (Å²) in [6, 6.07) is 12.7. The lowest BCUT2D eigenvalue weighted by Crippen LogP contribution is -2.28. The van der Waals surface area contributed by atoms with E-state index in [1.165, 1.54) is 6.07 Å². The van der Waals surface area contributed by atoms with Gasteiger partial charge in [-0.3, -0.25) is 14.5 Å². The molecule has 2 aromatic carbocycles. The molecule has 1 amide bonds. The number of nitrogens with zero attached hydrogens (tertiary/aromatic N) is 5. The van der Waals surface area contributed by atoms with Crippen LogP contribution in [0, 0.1) is 6.92 Å². The lowest BCUT2D eigenvalue weighted by atomic mass is 10.2. The normalized spacial score (nSPS) is 16.8. The molecule has 2 heterocycles. The van der Waals surface area contributed by atoms with E-state index in [-0.39, 0.29) is 16.6 Å². The number of aryl methyl sites for hydroxylation is 1. The van der Waals surface area contributed by atoms with Gasteiger partial charge in [0.2, 0.25) is 5.91 Å². The van der Waals surface area contributed by atoms with Crippen LogP contribution in [0.2, 0.25) is 0 Å². The molecule has 10 nitrogen and oxygen atoms in total. The Balaban J connectivity index is 1.54. The number of carbonyl (C=O) groups is 1. The Kier molecular flexibility index (Phi) is 4.59. The van der Waals surface area contributed by atoms with E-state index in [1.807, 2.05) is 6.07 Å². The standard InChI is InChI=1S/C18H17N7O3S/c1-11(19-17-15-8-3-4-9-16(15)29(27,28)22-17)18(26)20-13-6-5-7-14(10-13)25-12(2)21-23-24-25/h3-11H,1-2H3,(H,19,22)(H,20,26)/t11-/m0/s1. The van der Waals surface area contributed by atoms with Crippen LogP contribution in [-0.4, -0.2) is 46.4 Å². The summed E-state index contributed by atoms with van der Waals surface area (Å²) < 4.78 is 28.3. The van der Waals surface area contributed by atoms with Gasteiger partial charge in [-0.25, -0.2) is 8.42 Å². The van der Waals surface area contributed by atoms with Gasteiger partial charge >= 0.3 is 0 Å². The highest BCUT2D eigenvalue weighted by atomic mass is 32.2. The van der Waals surface area contributed by atoms with E-state index in [0.717, 1.165) is 0 Å². The second-order valence-electron chi connectivity index (χ2n) is 6.43. The first-order valence-electron chi connectivity index (χ1n) is 8.71. The largest absolute Gasteiger partial charge is 0.324 e. The van der Waals surface area contributed by atoms with Crippen molar-refractivity contribution in [3.8, 4) is 5.69 Å². The summed E-state index contributed by atoms with van der Waals surface area (Å²) in [4.78, 5) is 17.0. The third kappa shape index (κ3) is 3.59. The molecule has 0 spiro atoms. The second kappa shape index (κ2) is 7.09. The lowest BCUT2D eigenvalue weighted by molar-refractivity contribution is -0.117. The van der Waals surface area contributed by atoms with Gasteiger partial charge in [0.05, 0.1) is 10.6 Å². The maximum Gasteiger partial charge on any atom is 0.263 e. The molecular formula is C18H17N7O3S. The van der Waals surface area contributed by atoms with E-state index in [1.54, 1.807) is 54.9 Å². The van der Waals surface area contributed by atoms with E-state index in [2.05, 4.69) is 30.6 Å². The zero-order valence-corrected chi connectivity index (χ0v) is 16.4. The molecule has 0 saturated carbocycles. The van der Waals surface area contributed by atoms with Crippen molar-refractivity contribution in [2.24, 2.45) is 4.99 Å². The van der Waals surface area contributed by atoms with Crippen LogP contribution in [0.4, 0.5) is 5.69 Å². The van der Waals surface area contributed by atoms with Crippen molar-refractivity contribution in [1.82, 2.24) is 24.9 Å². The topological polar surface area (TPSA) is 131 Å². The van der Waals surface area contributed by atoms with Crippen molar-refractivity contribution >= 4 is 27.5 Å². The van der Waals surface area contributed by atoms with Gasteiger partial charge in [-0.1, -0.05) is 18.2 Å². The summed E-state index contributed by atoms with van der Waals surface area (Å²) in [5.41, 5.74) is 1.69. The van der Waals surface area contributed by atoms with Crippen LogP contribution in [0.15, 0.2) is 58.4 Å². The Bertz CT molecular complexity index is 1230. The Morgan fingerprint density at radius 2 is 2.00 bits per heavy atom. The average Bonchev–Trinajstić information content (AvgIpc) is 3.23. The molecule has 4 rings (SSSR count). The van der Waals surface area contributed by atoms with Crippen molar-refractivity contribution in [3.05, 3.63) is 59.9 Å². The molecule has 0 radical (unpaired) electrons. The lowest BCUT2D eigenvalue weighted by Gasteiger charge is -2.11. The minimum atomic E-state index is -3.65. The fourth-order valence-corrected chi connectivity index (χ4v) is 4.15. The molecule has 1 aliphatic rings. The van der Waals surface area contributed by atoms with Crippen LogP contribution in [0.5, 0.6) is 0 Å². The molecule has 148 valence electrons. The Labute approximate surface area is 166 Å². The molecule has 1 aliphatic heterocycles. The van der Waals surface area contributed by atoms with Crippen molar-refractivity contribution in [1.29, 1.82) is 0 Å². The molecule has 29 heavy (non-hydrogen) atoms. The van der Waals surface area contributed by atoms with E-state index in [9.17, 15) is 13.2 Å². The number of fused-ring (bicyclic) bond motifs is 1. The van der Waals surface area contributed by atoms with Gasteiger partial charge in [0.15, 0.2) is 5.82 Å². The SMILES string of the molecule is Cc1nnnn1-c1cccc(NC(=O)[C@H](C)N=C2NS(=O)(=O)c3ccccc32)c1. The van der Waals surface area contributed by atoms with Gasteiger partial charge in [0.1, 0.15) is 11.9 Å². The monoisotopic (exact) mass is 411 g/mol. The molecule has 0 fully saturated rings. The fraction of sp³-hybridized carbons (Fsp3) is 0.167. The van der Waals surface area contributed by atoms with Crippen LogP contribution in [0.1, 0.15) is 18.3 Å². The number of anilines is 1.